The summed E-state index contributed by atoms with van der Waals surface area (Å²) in [5.41, 5.74) is 0.297. The van der Waals surface area contributed by atoms with Crippen LogP contribution in [0.1, 0.15) is 23.7 Å². The molecule has 9 heteroatoms. The number of hydrogen-bond acceptors (Lipinski definition) is 5. The highest BCUT2D eigenvalue weighted by Gasteiger charge is 2.33. The topological polar surface area (TPSA) is 92.8 Å². The molecule has 1 amide bonds. The van der Waals surface area contributed by atoms with Crippen LogP contribution in [0.3, 0.4) is 0 Å². The first-order chi connectivity index (χ1) is 13.2. The summed E-state index contributed by atoms with van der Waals surface area (Å²) in [4.78, 5) is 24.5. The number of carbonyl (C=O) groups excluding carboxylic acids is 2. The number of esters is 1. The fourth-order valence-electron chi connectivity index (χ4n) is 2.73. The molecule has 0 heterocycles. The SMILES string of the molecule is CCC(C(=O)Nc1cccc(C(=O)OC)c1)N(c1ccccc1F)S(C)(=O)=O. The smallest absolute Gasteiger partial charge is 0.337 e. The molecule has 0 aliphatic carbocycles. The molecule has 1 unspecified atom stereocenters. The predicted octanol–water partition coefficient (Wildman–Crippen LogP) is 2.80. The lowest BCUT2D eigenvalue weighted by atomic mass is 10.1. The summed E-state index contributed by atoms with van der Waals surface area (Å²) in [6.45, 7) is 1.62. The highest BCUT2D eigenvalue weighted by molar-refractivity contribution is 7.92. The summed E-state index contributed by atoms with van der Waals surface area (Å²) < 4.78 is 44.3. The molecule has 0 aliphatic rings. The second-order valence-electron chi connectivity index (χ2n) is 6.00. The number of ether oxygens (including phenoxy) is 1. The lowest BCUT2D eigenvalue weighted by Gasteiger charge is -2.30. The Kier molecular flexibility index (Phi) is 6.74. The van der Waals surface area contributed by atoms with Crippen molar-refractivity contribution in [3.8, 4) is 0 Å². The number of methoxy groups -OCH3 is 1. The zero-order chi connectivity index (χ0) is 20.9. The number of para-hydroxylation sites is 1. The van der Waals surface area contributed by atoms with Crippen LogP contribution >= 0.6 is 0 Å². The highest BCUT2D eigenvalue weighted by atomic mass is 32.2. The Morgan fingerprint density at radius 3 is 2.43 bits per heavy atom. The van der Waals surface area contributed by atoms with Gasteiger partial charge in [0.2, 0.25) is 15.9 Å². The number of nitrogens with one attached hydrogen (secondary N) is 1. The van der Waals surface area contributed by atoms with Crippen LogP contribution in [-0.2, 0) is 19.6 Å². The van der Waals surface area contributed by atoms with Gasteiger partial charge in [-0.25, -0.2) is 17.6 Å². The fourth-order valence-corrected chi connectivity index (χ4v) is 3.95. The number of carbonyl (C=O) groups is 2. The normalized spacial score (nSPS) is 12.1. The molecule has 0 fully saturated rings. The lowest BCUT2D eigenvalue weighted by molar-refractivity contribution is -0.117. The summed E-state index contributed by atoms with van der Waals surface area (Å²) in [5, 5.41) is 2.58. The van der Waals surface area contributed by atoms with E-state index < -0.39 is 33.8 Å². The highest BCUT2D eigenvalue weighted by Crippen LogP contribution is 2.26. The average molecular weight is 408 g/mol. The molecular formula is C19H21FN2O5S. The van der Waals surface area contributed by atoms with Gasteiger partial charge in [-0.3, -0.25) is 9.10 Å². The molecule has 150 valence electrons. The van der Waals surface area contributed by atoms with Gasteiger partial charge in [0, 0.05) is 5.69 Å². The number of amides is 1. The van der Waals surface area contributed by atoms with E-state index in [1.165, 1.54) is 37.4 Å². The molecule has 0 bridgehead atoms. The molecule has 0 saturated heterocycles. The van der Waals surface area contributed by atoms with E-state index >= 15 is 0 Å². The number of sulfonamides is 1. The van der Waals surface area contributed by atoms with Crippen LogP contribution in [0.15, 0.2) is 48.5 Å². The summed E-state index contributed by atoms with van der Waals surface area (Å²) >= 11 is 0. The molecule has 7 nitrogen and oxygen atoms in total. The predicted molar refractivity (Wildman–Crippen MR) is 104 cm³/mol. The van der Waals surface area contributed by atoms with Gasteiger partial charge >= 0.3 is 5.97 Å². The summed E-state index contributed by atoms with van der Waals surface area (Å²) in [6, 6.07) is 10.2. The average Bonchev–Trinajstić information content (AvgIpc) is 2.65. The second-order valence-corrected chi connectivity index (χ2v) is 7.86. The van der Waals surface area contributed by atoms with E-state index in [2.05, 4.69) is 10.1 Å². The van der Waals surface area contributed by atoms with Gasteiger partial charge < -0.3 is 10.1 Å². The second kappa shape index (κ2) is 8.83. The molecule has 0 aliphatic heterocycles. The molecule has 2 aromatic rings. The quantitative estimate of drug-likeness (QED) is 0.711. The molecular weight excluding hydrogens is 387 g/mol. The Hall–Kier alpha value is -2.94. The van der Waals surface area contributed by atoms with Gasteiger partial charge in [-0.2, -0.15) is 0 Å². The van der Waals surface area contributed by atoms with Crippen LogP contribution in [0.25, 0.3) is 0 Å². The Balaban J connectivity index is 2.38. The maximum Gasteiger partial charge on any atom is 0.337 e. The minimum absolute atomic E-state index is 0.101. The fraction of sp³-hybridized carbons (Fsp3) is 0.263. The van der Waals surface area contributed by atoms with Gasteiger partial charge in [-0.15, -0.1) is 0 Å². The largest absolute Gasteiger partial charge is 0.465 e. The van der Waals surface area contributed by atoms with Crippen molar-refractivity contribution in [1.29, 1.82) is 0 Å². The van der Waals surface area contributed by atoms with Crippen LogP contribution < -0.4 is 9.62 Å². The van der Waals surface area contributed by atoms with Crippen molar-refractivity contribution in [3.05, 3.63) is 59.9 Å². The standard InChI is InChI=1S/C19H21FN2O5S/c1-4-16(22(28(3,25)26)17-11-6-5-10-15(17)20)18(23)21-14-9-7-8-13(12-14)19(24)27-2/h5-12,16H,4H2,1-3H3,(H,21,23). The van der Waals surface area contributed by atoms with E-state index in [1.54, 1.807) is 19.1 Å². The molecule has 1 atom stereocenters. The van der Waals surface area contributed by atoms with Crippen molar-refractivity contribution in [1.82, 2.24) is 0 Å². The third-order valence-electron chi connectivity index (χ3n) is 3.97. The summed E-state index contributed by atoms with van der Waals surface area (Å²) in [7, 11) is -2.72. The Labute approximate surface area is 163 Å². The minimum Gasteiger partial charge on any atom is -0.465 e. The molecule has 0 spiro atoms. The first-order valence-corrected chi connectivity index (χ1v) is 10.3. The number of anilines is 2. The third-order valence-corrected chi connectivity index (χ3v) is 5.14. The Bertz CT molecular complexity index is 978. The molecule has 0 radical (unpaired) electrons. The minimum atomic E-state index is -3.96. The van der Waals surface area contributed by atoms with E-state index in [4.69, 9.17) is 0 Å². The maximum absolute atomic E-state index is 14.2. The van der Waals surface area contributed by atoms with Gasteiger partial charge in [0.25, 0.3) is 0 Å². The summed E-state index contributed by atoms with van der Waals surface area (Å²) in [6.07, 6.45) is 1.01. The van der Waals surface area contributed by atoms with Crippen LogP contribution in [0.5, 0.6) is 0 Å². The van der Waals surface area contributed by atoms with Crippen molar-refractivity contribution in [2.24, 2.45) is 0 Å². The molecule has 2 aromatic carbocycles. The van der Waals surface area contributed by atoms with Crippen LogP contribution in [-0.4, -0.2) is 39.7 Å². The van der Waals surface area contributed by atoms with E-state index in [0.717, 1.165) is 16.6 Å². The number of halogens is 1. The van der Waals surface area contributed by atoms with Crippen molar-refractivity contribution in [2.75, 3.05) is 23.0 Å². The Morgan fingerprint density at radius 1 is 1.18 bits per heavy atom. The number of nitrogens with zero attached hydrogens (tertiary/aromatic N) is 1. The molecule has 0 saturated carbocycles. The van der Waals surface area contributed by atoms with Crippen LogP contribution in [0.4, 0.5) is 15.8 Å². The molecule has 1 N–H and O–H groups in total. The number of benzene rings is 2. The van der Waals surface area contributed by atoms with Crippen molar-refractivity contribution >= 4 is 33.3 Å². The monoisotopic (exact) mass is 408 g/mol. The van der Waals surface area contributed by atoms with E-state index in [1.807, 2.05) is 0 Å². The Morgan fingerprint density at radius 2 is 1.86 bits per heavy atom. The van der Waals surface area contributed by atoms with Crippen LogP contribution in [0.2, 0.25) is 0 Å². The van der Waals surface area contributed by atoms with Gasteiger partial charge in [0.1, 0.15) is 11.9 Å². The van der Waals surface area contributed by atoms with E-state index in [0.29, 0.717) is 0 Å². The van der Waals surface area contributed by atoms with Crippen molar-refractivity contribution < 1.29 is 27.1 Å². The third kappa shape index (κ3) is 4.86. The lowest BCUT2D eigenvalue weighted by Crippen LogP contribution is -2.47. The zero-order valence-corrected chi connectivity index (χ0v) is 16.5. The molecule has 0 aromatic heterocycles. The first kappa shape index (κ1) is 21.4. The maximum atomic E-state index is 14.2. The van der Waals surface area contributed by atoms with Crippen LogP contribution in [0, 0.1) is 5.82 Å². The van der Waals surface area contributed by atoms with Crippen molar-refractivity contribution in [2.45, 2.75) is 19.4 Å². The molecule has 28 heavy (non-hydrogen) atoms. The van der Waals surface area contributed by atoms with Gasteiger partial charge in [-0.05, 0) is 36.8 Å². The summed E-state index contributed by atoms with van der Waals surface area (Å²) in [5.74, 6) is -1.99. The number of rotatable bonds is 7. The van der Waals surface area contributed by atoms with E-state index in [-0.39, 0.29) is 23.4 Å². The zero-order valence-electron chi connectivity index (χ0n) is 15.7. The first-order valence-electron chi connectivity index (χ1n) is 8.42. The number of hydrogen-bond donors (Lipinski definition) is 1. The van der Waals surface area contributed by atoms with Gasteiger partial charge in [0.05, 0.1) is 24.6 Å². The van der Waals surface area contributed by atoms with Gasteiger partial charge in [0.15, 0.2) is 0 Å². The van der Waals surface area contributed by atoms with Gasteiger partial charge in [-0.1, -0.05) is 25.1 Å². The molecule has 2 rings (SSSR count). The van der Waals surface area contributed by atoms with E-state index in [9.17, 15) is 22.4 Å². The van der Waals surface area contributed by atoms with Crippen molar-refractivity contribution in [3.63, 3.8) is 0 Å².